The van der Waals surface area contributed by atoms with Gasteiger partial charge in [-0.15, -0.1) is 11.3 Å². The minimum atomic E-state index is -0.379. The molecule has 1 aliphatic carbocycles. The van der Waals surface area contributed by atoms with Crippen LogP contribution < -0.4 is 21.9 Å². The standard InChI is InChI=1S/C33H36N6O4S/c1-19-23(7-5-8-26(19)37-31(41)29-16-20-6-3-4-9-28(20)44-29)27-18-38(2)33(43)30(36-27)35-21-10-11-24(25(34)17-21)32(42)39-14-12-22(40)13-15-39/h5,7-8,10-11,16-18,22,40H,3-4,6,9,12-15,34H2,1-2H3,(H,35,36)(H,37,41). The van der Waals surface area contributed by atoms with Crippen molar-refractivity contribution in [3.8, 4) is 11.3 Å². The van der Waals surface area contributed by atoms with Crippen molar-refractivity contribution in [3.05, 3.63) is 85.5 Å². The number of aliphatic hydroxyl groups excluding tert-OH is 1. The molecule has 10 nitrogen and oxygen atoms in total. The quantitative estimate of drug-likeness (QED) is 0.228. The van der Waals surface area contributed by atoms with E-state index in [1.54, 1.807) is 47.7 Å². The Morgan fingerprint density at radius 1 is 1.09 bits per heavy atom. The molecule has 3 heterocycles. The van der Waals surface area contributed by atoms with Crippen LogP contribution in [0, 0.1) is 6.92 Å². The second-order valence-electron chi connectivity index (χ2n) is 11.5. The Labute approximate surface area is 259 Å². The molecule has 4 aromatic rings. The number of nitrogens with two attached hydrogens (primary N) is 1. The van der Waals surface area contributed by atoms with Crippen molar-refractivity contribution in [2.45, 2.75) is 51.6 Å². The zero-order chi connectivity index (χ0) is 31.0. The molecule has 2 aromatic heterocycles. The third kappa shape index (κ3) is 5.97. The van der Waals surface area contributed by atoms with E-state index in [1.165, 1.54) is 27.8 Å². The Hall–Kier alpha value is -4.48. The number of nitrogens with zero attached hydrogens (tertiary/aromatic N) is 3. The van der Waals surface area contributed by atoms with Crippen molar-refractivity contribution in [1.82, 2.24) is 14.5 Å². The number of carbonyl (C=O) groups is 2. The third-order valence-electron chi connectivity index (χ3n) is 8.45. The molecule has 0 saturated carbocycles. The Balaban J connectivity index is 1.23. The summed E-state index contributed by atoms with van der Waals surface area (Å²) in [6.45, 7) is 2.88. The van der Waals surface area contributed by atoms with Crippen LogP contribution >= 0.6 is 11.3 Å². The van der Waals surface area contributed by atoms with Crippen LogP contribution in [0.3, 0.4) is 0 Å². The lowest BCUT2D eigenvalue weighted by molar-refractivity contribution is 0.0547. The van der Waals surface area contributed by atoms with Crippen molar-refractivity contribution in [1.29, 1.82) is 0 Å². The number of fused-ring (bicyclic) bond motifs is 1. The van der Waals surface area contributed by atoms with Gasteiger partial charge in [0.15, 0.2) is 5.82 Å². The lowest BCUT2D eigenvalue weighted by Gasteiger charge is -2.30. The number of thiophene rings is 1. The fourth-order valence-corrected chi connectivity index (χ4v) is 7.01. The maximum absolute atomic E-state index is 13.2. The van der Waals surface area contributed by atoms with E-state index in [1.807, 2.05) is 31.2 Å². The van der Waals surface area contributed by atoms with Gasteiger partial charge >= 0.3 is 0 Å². The number of benzene rings is 2. The Morgan fingerprint density at radius 2 is 1.86 bits per heavy atom. The number of nitrogens with one attached hydrogen (secondary N) is 2. The molecule has 5 N–H and O–H groups in total. The minimum Gasteiger partial charge on any atom is -0.398 e. The zero-order valence-corrected chi connectivity index (χ0v) is 25.7. The highest BCUT2D eigenvalue weighted by atomic mass is 32.1. The van der Waals surface area contributed by atoms with Crippen molar-refractivity contribution in [2.24, 2.45) is 7.05 Å². The number of hydrogen-bond acceptors (Lipinski definition) is 8. The van der Waals surface area contributed by atoms with E-state index in [4.69, 9.17) is 5.73 Å². The monoisotopic (exact) mass is 612 g/mol. The second-order valence-corrected chi connectivity index (χ2v) is 12.7. The van der Waals surface area contributed by atoms with Crippen molar-refractivity contribution in [3.63, 3.8) is 0 Å². The van der Waals surface area contributed by atoms with Crippen molar-refractivity contribution in [2.75, 3.05) is 29.5 Å². The zero-order valence-electron chi connectivity index (χ0n) is 24.9. The molecule has 0 atom stereocenters. The fourth-order valence-electron chi connectivity index (χ4n) is 5.86. The van der Waals surface area contributed by atoms with Crippen LogP contribution in [-0.4, -0.2) is 50.6 Å². The lowest BCUT2D eigenvalue weighted by Crippen LogP contribution is -2.40. The predicted molar refractivity (Wildman–Crippen MR) is 174 cm³/mol. The molecule has 228 valence electrons. The number of aryl methyl sites for hydroxylation is 3. The smallest absolute Gasteiger partial charge is 0.293 e. The van der Waals surface area contributed by atoms with E-state index in [0.717, 1.165) is 28.8 Å². The highest BCUT2D eigenvalue weighted by Crippen LogP contribution is 2.32. The molecule has 1 fully saturated rings. The van der Waals surface area contributed by atoms with Gasteiger partial charge in [0, 0.05) is 53.8 Å². The number of piperidine rings is 1. The number of aliphatic hydroxyl groups is 1. The summed E-state index contributed by atoms with van der Waals surface area (Å²) in [4.78, 5) is 47.6. The number of hydrogen-bond donors (Lipinski definition) is 4. The first-order chi connectivity index (χ1) is 21.2. The summed E-state index contributed by atoms with van der Waals surface area (Å²) in [7, 11) is 1.66. The molecule has 0 bridgehead atoms. The average molecular weight is 613 g/mol. The molecule has 2 amide bonds. The van der Waals surface area contributed by atoms with Gasteiger partial charge in [-0.05, 0) is 86.9 Å². The van der Waals surface area contributed by atoms with Gasteiger partial charge in [-0.1, -0.05) is 12.1 Å². The molecular formula is C33H36N6O4S. The van der Waals surface area contributed by atoms with Gasteiger partial charge in [0.1, 0.15) is 0 Å². The molecule has 6 rings (SSSR count). The van der Waals surface area contributed by atoms with Crippen molar-refractivity contribution >= 4 is 46.0 Å². The molecule has 44 heavy (non-hydrogen) atoms. The van der Waals surface area contributed by atoms with Gasteiger partial charge in [-0.25, -0.2) is 4.98 Å². The van der Waals surface area contributed by atoms with Crippen LogP contribution in [0.1, 0.15) is 61.7 Å². The lowest BCUT2D eigenvalue weighted by atomic mass is 9.99. The van der Waals surface area contributed by atoms with E-state index in [2.05, 4.69) is 15.6 Å². The van der Waals surface area contributed by atoms with E-state index in [0.29, 0.717) is 48.6 Å². The highest BCUT2D eigenvalue weighted by molar-refractivity contribution is 7.14. The molecule has 1 aliphatic heterocycles. The molecule has 0 spiro atoms. The number of nitrogen functional groups attached to an aromatic ring is 1. The number of anilines is 4. The maximum atomic E-state index is 13.2. The molecule has 0 unspecified atom stereocenters. The Morgan fingerprint density at radius 3 is 2.61 bits per heavy atom. The average Bonchev–Trinajstić information content (AvgIpc) is 3.45. The van der Waals surface area contributed by atoms with Gasteiger partial charge in [0.2, 0.25) is 0 Å². The number of carbonyl (C=O) groups excluding carboxylic acids is 2. The van der Waals surface area contributed by atoms with Gasteiger partial charge in [0.05, 0.1) is 22.2 Å². The van der Waals surface area contributed by atoms with E-state index >= 15 is 0 Å². The van der Waals surface area contributed by atoms with Crippen LogP contribution in [0.25, 0.3) is 11.3 Å². The van der Waals surface area contributed by atoms with Crippen LogP contribution in [0.5, 0.6) is 0 Å². The predicted octanol–water partition coefficient (Wildman–Crippen LogP) is 4.87. The summed E-state index contributed by atoms with van der Waals surface area (Å²) in [6.07, 6.45) is 6.78. The first kappa shape index (κ1) is 29.6. The summed E-state index contributed by atoms with van der Waals surface area (Å²) in [6, 6.07) is 12.6. The van der Waals surface area contributed by atoms with E-state index in [-0.39, 0.29) is 35.0 Å². The molecule has 2 aromatic carbocycles. The molecule has 1 saturated heterocycles. The van der Waals surface area contributed by atoms with Crippen LogP contribution in [0.2, 0.25) is 0 Å². The van der Waals surface area contributed by atoms with Crippen molar-refractivity contribution < 1.29 is 14.7 Å². The molecular weight excluding hydrogens is 576 g/mol. The SMILES string of the molecule is Cc1c(NC(=O)c2cc3c(s2)CCCC3)cccc1-c1cn(C)c(=O)c(Nc2ccc(C(=O)N3CCC(O)CC3)c(N)c2)n1. The summed E-state index contributed by atoms with van der Waals surface area (Å²) >= 11 is 1.58. The third-order valence-corrected chi connectivity index (χ3v) is 9.68. The molecule has 11 heteroatoms. The van der Waals surface area contributed by atoms with Crippen LogP contribution in [0.4, 0.5) is 22.9 Å². The van der Waals surface area contributed by atoms with E-state index < -0.39 is 0 Å². The minimum absolute atomic E-state index is 0.103. The van der Waals surface area contributed by atoms with Crippen LogP contribution in [0.15, 0.2) is 53.5 Å². The number of rotatable bonds is 6. The van der Waals surface area contributed by atoms with Crippen LogP contribution in [-0.2, 0) is 19.9 Å². The van der Waals surface area contributed by atoms with Gasteiger partial charge in [-0.2, -0.15) is 0 Å². The van der Waals surface area contributed by atoms with E-state index in [9.17, 15) is 19.5 Å². The molecule has 2 aliphatic rings. The normalized spacial score (nSPS) is 15.1. The van der Waals surface area contributed by atoms with Gasteiger partial charge in [-0.3, -0.25) is 14.4 Å². The fraction of sp³-hybridized carbons (Fsp3) is 0.333. The Kier molecular flexibility index (Phi) is 8.24. The Bertz CT molecular complexity index is 1780. The summed E-state index contributed by atoms with van der Waals surface area (Å²) in [5.74, 6) is -0.206. The summed E-state index contributed by atoms with van der Waals surface area (Å²) in [5, 5.41) is 15.9. The first-order valence-electron chi connectivity index (χ1n) is 14.9. The summed E-state index contributed by atoms with van der Waals surface area (Å²) < 4.78 is 1.46. The highest BCUT2D eigenvalue weighted by Gasteiger charge is 2.24. The first-order valence-corrected chi connectivity index (χ1v) is 15.7. The number of amides is 2. The van der Waals surface area contributed by atoms with Gasteiger partial charge in [0.25, 0.3) is 17.4 Å². The number of aromatic nitrogens is 2. The second kappa shape index (κ2) is 12.3. The largest absolute Gasteiger partial charge is 0.398 e. The maximum Gasteiger partial charge on any atom is 0.293 e. The summed E-state index contributed by atoms with van der Waals surface area (Å²) in [5.41, 5.74) is 11.3. The van der Waals surface area contributed by atoms with Gasteiger partial charge < -0.3 is 30.9 Å². The topological polar surface area (TPSA) is 143 Å². The molecule has 0 radical (unpaired) electrons. The number of likely N-dealkylation sites (tertiary alicyclic amines) is 1.